The third-order valence-corrected chi connectivity index (χ3v) is 5.02. The van der Waals surface area contributed by atoms with Crippen LogP contribution in [0.15, 0.2) is 72.3 Å². The van der Waals surface area contributed by atoms with E-state index in [4.69, 9.17) is 26.2 Å². The predicted octanol–water partition coefficient (Wildman–Crippen LogP) is 5.56. The molecule has 0 bridgehead atoms. The highest BCUT2D eigenvalue weighted by atomic mass is 35.5. The van der Waals surface area contributed by atoms with Crippen LogP contribution in [0, 0.1) is 11.3 Å². The third kappa shape index (κ3) is 6.37. The van der Waals surface area contributed by atoms with Crippen molar-refractivity contribution in [2.75, 3.05) is 11.9 Å². The van der Waals surface area contributed by atoms with Gasteiger partial charge in [0.1, 0.15) is 18.2 Å². The van der Waals surface area contributed by atoms with E-state index < -0.39 is 11.9 Å². The minimum atomic E-state index is -1.12. The van der Waals surface area contributed by atoms with E-state index in [2.05, 4.69) is 5.32 Å². The van der Waals surface area contributed by atoms with Crippen LogP contribution in [0.4, 0.5) is 5.69 Å². The Morgan fingerprint density at radius 2 is 1.85 bits per heavy atom. The molecule has 2 N–H and O–H groups in total. The van der Waals surface area contributed by atoms with Crippen LogP contribution in [0.1, 0.15) is 28.4 Å². The number of nitrogens with zero attached hydrogens (tertiary/aromatic N) is 1. The van der Waals surface area contributed by atoms with Gasteiger partial charge in [0.2, 0.25) is 0 Å². The van der Waals surface area contributed by atoms with Gasteiger partial charge in [0.25, 0.3) is 5.91 Å². The lowest BCUT2D eigenvalue weighted by molar-refractivity contribution is -0.112. The molecule has 1 amide bonds. The van der Waals surface area contributed by atoms with Crippen LogP contribution in [-0.2, 0) is 11.4 Å². The van der Waals surface area contributed by atoms with Crippen LogP contribution in [0.25, 0.3) is 6.08 Å². The van der Waals surface area contributed by atoms with Gasteiger partial charge in [-0.1, -0.05) is 41.9 Å². The van der Waals surface area contributed by atoms with Crippen LogP contribution in [0.2, 0.25) is 5.02 Å². The number of rotatable bonds is 9. The van der Waals surface area contributed by atoms with Crippen LogP contribution < -0.4 is 14.8 Å². The number of carbonyl (C=O) groups is 2. The van der Waals surface area contributed by atoms with E-state index in [1.54, 1.807) is 24.3 Å². The quantitative estimate of drug-likeness (QED) is 0.309. The Morgan fingerprint density at radius 3 is 2.56 bits per heavy atom. The smallest absolute Gasteiger partial charge is 0.335 e. The van der Waals surface area contributed by atoms with Crippen molar-refractivity contribution in [1.29, 1.82) is 5.26 Å². The zero-order valence-corrected chi connectivity index (χ0v) is 19.0. The van der Waals surface area contributed by atoms with Crippen molar-refractivity contribution >= 4 is 35.2 Å². The van der Waals surface area contributed by atoms with Crippen molar-refractivity contribution < 1.29 is 24.2 Å². The molecule has 172 valence electrons. The number of ether oxygens (including phenoxy) is 2. The second-order valence-corrected chi connectivity index (χ2v) is 7.44. The molecule has 3 rings (SSSR count). The maximum Gasteiger partial charge on any atom is 0.335 e. The van der Waals surface area contributed by atoms with Gasteiger partial charge in [0.05, 0.1) is 12.2 Å². The predicted molar refractivity (Wildman–Crippen MR) is 129 cm³/mol. The Balaban J connectivity index is 1.79. The summed E-state index contributed by atoms with van der Waals surface area (Å²) < 4.78 is 11.6. The summed E-state index contributed by atoms with van der Waals surface area (Å²) in [4.78, 5) is 23.7. The first-order chi connectivity index (χ1) is 16.4. The zero-order chi connectivity index (χ0) is 24.5. The summed E-state index contributed by atoms with van der Waals surface area (Å²) >= 11 is 6.19. The topological polar surface area (TPSA) is 109 Å². The number of amides is 1. The molecule has 0 heterocycles. The molecule has 0 fully saturated rings. The fourth-order valence-corrected chi connectivity index (χ4v) is 3.21. The van der Waals surface area contributed by atoms with Gasteiger partial charge in [0, 0.05) is 16.3 Å². The van der Waals surface area contributed by atoms with E-state index in [0.717, 1.165) is 5.56 Å². The second kappa shape index (κ2) is 11.5. The summed E-state index contributed by atoms with van der Waals surface area (Å²) in [6.45, 7) is 2.47. The van der Waals surface area contributed by atoms with E-state index >= 15 is 0 Å². The maximum atomic E-state index is 12.6. The highest BCUT2D eigenvalue weighted by molar-refractivity contribution is 6.31. The SMILES string of the molecule is CCOc1cc(/C=C(/C#N)C(=O)Nc2cccc(C(=O)O)c2)ccc1OCc1ccccc1Cl. The summed E-state index contributed by atoms with van der Waals surface area (Å²) in [5, 5.41) is 21.7. The average molecular weight is 477 g/mol. The van der Waals surface area contributed by atoms with Gasteiger partial charge < -0.3 is 19.9 Å². The summed E-state index contributed by atoms with van der Waals surface area (Å²) in [5.74, 6) is -0.836. The molecular weight excluding hydrogens is 456 g/mol. The molecule has 0 saturated heterocycles. The number of carboxylic acids is 1. The zero-order valence-electron chi connectivity index (χ0n) is 18.2. The van der Waals surface area contributed by atoms with Crippen LogP contribution in [-0.4, -0.2) is 23.6 Å². The van der Waals surface area contributed by atoms with Crippen molar-refractivity contribution in [3.8, 4) is 17.6 Å². The van der Waals surface area contributed by atoms with Gasteiger partial charge in [0.15, 0.2) is 11.5 Å². The van der Waals surface area contributed by atoms with Crippen LogP contribution in [0.3, 0.4) is 0 Å². The van der Waals surface area contributed by atoms with Gasteiger partial charge in [-0.2, -0.15) is 5.26 Å². The lowest BCUT2D eigenvalue weighted by Gasteiger charge is -2.13. The highest BCUT2D eigenvalue weighted by Crippen LogP contribution is 2.31. The normalized spacial score (nSPS) is 10.8. The number of benzene rings is 3. The van der Waals surface area contributed by atoms with Crippen LogP contribution in [0.5, 0.6) is 11.5 Å². The van der Waals surface area contributed by atoms with Gasteiger partial charge in [-0.3, -0.25) is 4.79 Å². The molecule has 34 heavy (non-hydrogen) atoms. The Bertz CT molecular complexity index is 1280. The molecular formula is C26H21ClN2O5. The average Bonchev–Trinajstić information content (AvgIpc) is 2.83. The van der Waals surface area contributed by atoms with E-state index in [0.29, 0.717) is 28.7 Å². The molecule has 0 radical (unpaired) electrons. The van der Waals surface area contributed by atoms with E-state index in [-0.39, 0.29) is 23.4 Å². The Morgan fingerprint density at radius 1 is 1.06 bits per heavy atom. The number of carboxylic acid groups (broad SMARTS) is 1. The third-order valence-electron chi connectivity index (χ3n) is 4.65. The van der Waals surface area contributed by atoms with Gasteiger partial charge in [-0.05, 0) is 55.0 Å². The molecule has 3 aromatic rings. The molecule has 0 unspecified atom stereocenters. The van der Waals surface area contributed by atoms with Crippen molar-refractivity contribution in [2.24, 2.45) is 0 Å². The molecule has 0 aliphatic rings. The minimum absolute atomic E-state index is 0.0222. The number of carbonyl (C=O) groups excluding carboxylic acids is 1. The van der Waals surface area contributed by atoms with Gasteiger partial charge in [-0.15, -0.1) is 0 Å². The first kappa shape index (κ1) is 24.4. The summed E-state index contributed by atoms with van der Waals surface area (Å²) in [6.07, 6.45) is 1.41. The molecule has 0 spiro atoms. The minimum Gasteiger partial charge on any atom is -0.490 e. The largest absolute Gasteiger partial charge is 0.490 e. The fourth-order valence-electron chi connectivity index (χ4n) is 3.02. The number of nitriles is 1. The van der Waals surface area contributed by atoms with E-state index in [1.807, 2.05) is 31.2 Å². The number of anilines is 1. The van der Waals surface area contributed by atoms with Gasteiger partial charge in [-0.25, -0.2) is 4.79 Å². The number of nitrogens with one attached hydrogen (secondary N) is 1. The lowest BCUT2D eigenvalue weighted by Crippen LogP contribution is -2.14. The summed E-state index contributed by atoms with van der Waals surface area (Å²) in [7, 11) is 0. The molecule has 0 saturated carbocycles. The molecule has 0 aliphatic heterocycles. The number of hydrogen-bond donors (Lipinski definition) is 2. The van der Waals surface area contributed by atoms with Gasteiger partial charge >= 0.3 is 5.97 Å². The highest BCUT2D eigenvalue weighted by Gasteiger charge is 2.13. The lowest BCUT2D eigenvalue weighted by atomic mass is 10.1. The fraction of sp³-hybridized carbons (Fsp3) is 0.115. The molecule has 7 nitrogen and oxygen atoms in total. The van der Waals surface area contributed by atoms with Crippen LogP contribution >= 0.6 is 11.6 Å². The first-order valence-electron chi connectivity index (χ1n) is 10.3. The van der Waals surface area contributed by atoms with E-state index in [1.165, 1.54) is 30.3 Å². The maximum absolute atomic E-state index is 12.6. The standard InChI is InChI=1S/C26H21ClN2O5/c1-2-33-24-13-17(10-11-23(24)34-16-19-6-3-4-9-22(19)27)12-20(15-28)25(30)29-21-8-5-7-18(14-21)26(31)32/h3-14H,2,16H2,1H3,(H,29,30)(H,31,32)/b20-12-. The molecule has 8 heteroatoms. The van der Waals surface area contributed by atoms with Crippen molar-refractivity contribution in [3.63, 3.8) is 0 Å². The molecule has 0 aromatic heterocycles. The molecule has 0 aliphatic carbocycles. The summed E-state index contributed by atoms with van der Waals surface area (Å²) in [5.41, 5.74) is 1.51. The monoisotopic (exact) mass is 476 g/mol. The summed E-state index contributed by atoms with van der Waals surface area (Å²) in [6, 6.07) is 20.0. The molecule has 3 aromatic carbocycles. The van der Waals surface area contributed by atoms with Crippen molar-refractivity contribution in [3.05, 3.63) is 94.0 Å². The number of aromatic carboxylic acids is 1. The van der Waals surface area contributed by atoms with Crippen molar-refractivity contribution in [2.45, 2.75) is 13.5 Å². The first-order valence-corrected chi connectivity index (χ1v) is 10.7. The Kier molecular flexibility index (Phi) is 8.27. The second-order valence-electron chi connectivity index (χ2n) is 7.03. The Hall–Kier alpha value is -4.28. The number of hydrogen-bond acceptors (Lipinski definition) is 5. The molecule has 0 atom stereocenters. The van der Waals surface area contributed by atoms with Crippen molar-refractivity contribution in [1.82, 2.24) is 0 Å². The van der Waals surface area contributed by atoms with E-state index in [9.17, 15) is 14.9 Å². The number of halogens is 1. The Labute approximate surface area is 201 Å².